The van der Waals surface area contributed by atoms with E-state index in [1.165, 1.54) is 71.2 Å². The predicted molar refractivity (Wildman–Crippen MR) is 259 cm³/mol. The van der Waals surface area contributed by atoms with Gasteiger partial charge in [0.25, 0.3) is 0 Å². The summed E-state index contributed by atoms with van der Waals surface area (Å²) in [6.45, 7) is 0. The van der Waals surface area contributed by atoms with Crippen molar-refractivity contribution in [3.63, 3.8) is 0 Å². The van der Waals surface area contributed by atoms with Gasteiger partial charge in [0.05, 0.1) is 33.3 Å². The van der Waals surface area contributed by atoms with Gasteiger partial charge >= 0.3 is 0 Å². The monoisotopic (exact) mass is 786 g/mol. The molecule has 0 atom stereocenters. The SMILES string of the molecule is c1ccc(-c2nc(-n3c4ccc(-c5ccc6c(c5)c5ccccc5n6-c5ccccc5)cc4c4c5cccc6c5c(cc43)-c3ccccc3-6)nc3c2ccc2ccccc23)cc1. The molecule has 286 valence electrons. The second kappa shape index (κ2) is 12.6. The van der Waals surface area contributed by atoms with Gasteiger partial charge in [-0.25, -0.2) is 9.97 Å². The third-order valence-corrected chi connectivity index (χ3v) is 13.2. The maximum atomic E-state index is 5.55. The number of fused-ring (bicyclic) bond motifs is 13. The minimum absolute atomic E-state index is 0.657. The highest BCUT2D eigenvalue weighted by Crippen LogP contribution is 2.51. The van der Waals surface area contributed by atoms with Crippen molar-refractivity contribution < 1.29 is 0 Å². The van der Waals surface area contributed by atoms with Gasteiger partial charge in [-0.1, -0.05) is 152 Å². The minimum Gasteiger partial charge on any atom is -0.309 e. The van der Waals surface area contributed by atoms with Crippen LogP contribution in [-0.4, -0.2) is 19.1 Å². The largest absolute Gasteiger partial charge is 0.309 e. The molecule has 13 aromatic rings. The molecule has 10 aromatic carbocycles. The molecule has 0 unspecified atom stereocenters. The molecule has 0 fully saturated rings. The fourth-order valence-corrected chi connectivity index (χ4v) is 10.6. The van der Waals surface area contributed by atoms with Gasteiger partial charge in [0, 0.05) is 43.6 Å². The summed E-state index contributed by atoms with van der Waals surface area (Å²) in [5.74, 6) is 0.657. The van der Waals surface area contributed by atoms with Crippen LogP contribution in [0.3, 0.4) is 0 Å². The number of benzene rings is 10. The number of hydrogen-bond acceptors (Lipinski definition) is 2. The lowest BCUT2D eigenvalue weighted by atomic mass is 9.96. The van der Waals surface area contributed by atoms with Crippen LogP contribution in [0.5, 0.6) is 0 Å². The van der Waals surface area contributed by atoms with Gasteiger partial charge in [0.2, 0.25) is 5.95 Å². The first-order valence-corrected chi connectivity index (χ1v) is 21.2. The third kappa shape index (κ3) is 4.61. The van der Waals surface area contributed by atoms with E-state index in [0.717, 1.165) is 55.2 Å². The van der Waals surface area contributed by atoms with E-state index in [0.29, 0.717) is 5.95 Å². The van der Waals surface area contributed by atoms with Crippen molar-refractivity contribution in [2.75, 3.05) is 0 Å². The molecule has 62 heavy (non-hydrogen) atoms. The van der Waals surface area contributed by atoms with Gasteiger partial charge in [-0.05, 0) is 104 Å². The summed E-state index contributed by atoms with van der Waals surface area (Å²) in [6, 6.07) is 74.8. The zero-order valence-electron chi connectivity index (χ0n) is 33.4. The Morgan fingerprint density at radius 3 is 1.76 bits per heavy atom. The Kier molecular flexibility index (Phi) is 6.80. The lowest BCUT2D eigenvalue weighted by Crippen LogP contribution is -2.04. The average Bonchev–Trinajstić information content (AvgIpc) is 3.97. The first kappa shape index (κ1) is 33.5. The van der Waals surface area contributed by atoms with Gasteiger partial charge in [0.15, 0.2) is 0 Å². The molecule has 0 amide bonds. The smallest absolute Gasteiger partial charge is 0.235 e. The summed E-state index contributed by atoms with van der Waals surface area (Å²) in [5, 5.41) is 10.7. The number of rotatable bonds is 4. The number of hydrogen-bond donors (Lipinski definition) is 0. The van der Waals surface area contributed by atoms with Gasteiger partial charge < -0.3 is 4.57 Å². The summed E-state index contributed by atoms with van der Waals surface area (Å²) < 4.78 is 4.70. The van der Waals surface area contributed by atoms with Crippen LogP contribution < -0.4 is 0 Å². The normalized spacial score (nSPS) is 12.2. The fraction of sp³-hybridized carbons (Fsp3) is 0. The second-order valence-corrected chi connectivity index (χ2v) is 16.5. The van der Waals surface area contributed by atoms with Crippen molar-refractivity contribution in [1.29, 1.82) is 0 Å². The van der Waals surface area contributed by atoms with E-state index in [2.05, 4.69) is 215 Å². The van der Waals surface area contributed by atoms with E-state index in [-0.39, 0.29) is 0 Å². The highest BCUT2D eigenvalue weighted by molar-refractivity contribution is 6.29. The second-order valence-electron chi connectivity index (χ2n) is 16.5. The summed E-state index contributed by atoms with van der Waals surface area (Å²) in [6.07, 6.45) is 0. The molecular formula is C58H34N4. The van der Waals surface area contributed by atoms with E-state index in [4.69, 9.17) is 9.97 Å². The summed E-state index contributed by atoms with van der Waals surface area (Å²) >= 11 is 0. The lowest BCUT2D eigenvalue weighted by Gasteiger charge is -2.14. The molecule has 0 bridgehead atoms. The van der Waals surface area contributed by atoms with Crippen molar-refractivity contribution in [3.8, 4) is 56.3 Å². The Labute approximate surface area is 356 Å². The van der Waals surface area contributed by atoms with Crippen molar-refractivity contribution in [2.24, 2.45) is 0 Å². The molecule has 0 saturated heterocycles. The average molecular weight is 787 g/mol. The molecule has 0 aliphatic heterocycles. The Morgan fingerprint density at radius 2 is 0.935 bits per heavy atom. The molecule has 0 saturated carbocycles. The summed E-state index contributed by atoms with van der Waals surface area (Å²) in [5.41, 5.74) is 16.0. The van der Waals surface area contributed by atoms with Crippen LogP contribution in [-0.2, 0) is 0 Å². The van der Waals surface area contributed by atoms with Gasteiger partial charge in [0.1, 0.15) is 0 Å². The molecule has 1 aliphatic rings. The molecule has 0 spiro atoms. The number of nitrogens with zero attached hydrogens (tertiary/aromatic N) is 4. The van der Waals surface area contributed by atoms with Gasteiger partial charge in [-0.3, -0.25) is 4.57 Å². The number of aromatic nitrogens is 4. The fourth-order valence-electron chi connectivity index (χ4n) is 10.6. The van der Waals surface area contributed by atoms with E-state index in [1.54, 1.807) is 0 Å². The molecule has 3 heterocycles. The van der Waals surface area contributed by atoms with E-state index in [1.807, 2.05) is 0 Å². The summed E-state index contributed by atoms with van der Waals surface area (Å²) in [4.78, 5) is 11.1. The van der Waals surface area contributed by atoms with Crippen LogP contribution in [0.1, 0.15) is 0 Å². The van der Waals surface area contributed by atoms with E-state index >= 15 is 0 Å². The molecular weight excluding hydrogens is 753 g/mol. The zero-order valence-corrected chi connectivity index (χ0v) is 33.4. The van der Waals surface area contributed by atoms with Crippen LogP contribution in [0.2, 0.25) is 0 Å². The van der Waals surface area contributed by atoms with Crippen molar-refractivity contribution in [3.05, 3.63) is 206 Å². The Hall–Kier alpha value is -8.34. The molecule has 0 radical (unpaired) electrons. The highest BCUT2D eigenvalue weighted by atomic mass is 15.2. The minimum atomic E-state index is 0.657. The molecule has 4 nitrogen and oxygen atoms in total. The Bertz CT molecular complexity index is 4030. The predicted octanol–water partition coefficient (Wildman–Crippen LogP) is 15.1. The van der Waals surface area contributed by atoms with Crippen LogP contribution in [0.25, 0.3) is 132 Å². The van der Waals surface area contributed by atoms with E-state index < -0.39 is 0 Å². The quantitative estimate of drug-likeness (QED) is 0.167. The topological polar surface area (TPSA) is 35.6 Å². The van der Waals surface area contributed by atoms with Gasteiger partial charge in [-0.2, -0.15) is 0 Å². The first-order chi connectivity index (χ1) is 30.8. The molecule has 0 N–H and O–H groups in total. The van der Waals surface area contributed by atoms with Crippen molar-refractivity contribution in [1.82, 2.24) is 19.1 Å². The molecule has 1 aliphatic carbocycles. The first-order valence-electron chi connectivity index (χ1n) is 21.2. The maximum Gasteiger partial charge on any atom is 0.235 e. The standard InChI is InChI=1S/C58H34N4/c1-3-15-36(16-4-1)56-46-29-26-35-14-7-8-19-40(35)57(46)60-58(59-56)62-52-31-28-38(37-27-30-51-47(32-37)43-22-11-12-25-50(43)61(51)39-17-5-2-6-18-39)33-49(52)55-45-24-13-23-44-41-20-9-10-21-42(41)48(54(44)45)34-53(55)62/h1-34H. The third-order valence-electron chi connectivity index (χ3n) is 13.2. The van der Waals surface area contributed by atoms with E-state index in [9.17, 15) is 0 Å². The van der Waals surface area contributed by atoms with Crippen LogP contribution in [0.15, 0.2) is 206 Å². The van der Waals surface area contributed by atoms with Crippen LogP contribution >= 0.6 is 0 Å². The zero-order chi connectivity index (χ0) is 40.5. The Balaban J connectivity index is 1.08. The Morgan fingerprint density at radius 1 is 0.306 bits per heavy atom. The summed E-state index contributed by atoms with van der Waals surface area (Å²) in [7, 11) is 0. The number of para-hydroxylation sites is 2. The van der Waals surface area contributed by atoms with Gasteiger partial charge in [-0.15, -0.1) is 0 Å². The van der Waals surface area contributed by atoms with Crippen LogP contribution in [0, 0.1) is 0 Å². The van der Waals surface area contributed by atoms with Crippen LogP contribution in [0.4, 0.5) is 0 Å². The van der Waals surface area contributed by atoms with Crippen molar-refractivity contribution >= 4 is 76.1 Å². The molecule has 14 rings (SSSR count). The highest BCUT2D eigenvalue weighted by Gasteiger charge is 2.27. The molecule has 4 heteroatoms. The molecule has 3 aromatic heterocycles. The van der Waals surface area contributed by atoms with Crippen molar-refractivity contribution in [2.45, 2.75) is 0 Å². The maximum absolute atomic E-state index is 5.55. The lowest BCUT2D eigenvalue weighted by molar-refractivity contribution is 1.02.